The summed E-state index contributed by atoms with van der Waals surface area (Å²) < 4.78 is 32.9. The fraction of sp³-hybridized carbons (Fsp3) is 0.265. The quantitative estimate of drug-likeness (QED) is 0.0944. The Morgan fingerprint density at radius 1 is 0.907 bits per heavy atom. The van der Waals surface area contributed by atoms with Crippen molar-refractivity contribution >= 4 is 45.1 Å². The van der Waals surface area contributed by atoms with Crippen LogP contribution in [0.3, 0.4) is 0 Å². The highest BCUT2D eigenvalue weighted by Gasteiger charge is 2.30. The maximum Gasteiger partial charge on any atom is 0.463 e. The number of nitrogens with one attached hydrogen (secondary N) is 1. The second-order valence-corrected chi connectivity index (χ2v) is 12.4. The first kappa shape index (κ1) is 30.2. The van der Waals surface area contributed by atoms with Crippen LogP contribution in [0.2, 0.25) is 0 Å². The molecule has 0 fully saturated rings. The summed E-state index contributed by atoms with van der Waals surface area (Å²) in [6, 6.07) is 28.8. The summed E-state index contributed by atoms with van der Waals surface area (Å²) in [6.07, 6.45) is 1.83. The van der Waals surface area contributed by atoms with E-state index in [9.17, 15) is 13.2 Å². The van der Waals surface area contributed by atoms with Gasteiger partial charge in [0.15, 0.2) is 0 Å². The number of nitrogens with zero attached hydrogens (tertiary/aromatic N) is 2. The van der Waals surface area contributed by atoms with Crippen molar-refractivity contribution in [1.82, 2.24) is 4.31 Å². The molecule has 0 radical (unpaired) electrons. The fourth-order valence-corrected chi connectivity index (χ4v) is 6.95. The zero-order valence-corrected chi connectivity index (χ0v) is 25.4. The van der Waals surface area contributed by atoms with Crippen molar-refractivity contribution in [1.29, 1.82) is 0 Å². The standard InChI is InChI=1S/C34H36BN3O4S/c1-3-23-37(24-4-2)43(40,41)30-20-18-29(19-21-30)34(39)42-25-9-8-22-35-36-31-16-10-14-28-15-11-17-32(33(28)31)38(35)26-27-12-6-5-7-13-27/h5-7,10-21,36H,3-4,9,23-26H2,1-2H3. The van der Waals surface area contributed by atoms with Gasteiger partial charge in [0.25, 0.3) is 0 Å². The molecule has 1 aliphatic heterocycles. The van der Waals surface area contributed by atoms with E-state index in [0.29, 0.717) is 31.6 Å². The van der Waals surface area contributed by atoms with Gasteiger partial charge in [-0.25, -0.2) is 13.2 Å². The number of esters is 1. The molecule has 0 unspecified atom stereocenters. The second kappa shape index (κ2) is 13.8. The van der Waals surface area contributed by atoms with Crippen LogP contribution in [-0.4, -0.2) is 45.4 Å². The number of carbonyl (C=O) groups is 1. The molecule has 4 aromatic rings. The van der Waals surface area contributed by atoms with Crippen molar-refractivity contribution < 1.29 is 17.9 Å². The maximum absolute atomic E-state index is 13.0. The van der Waals surface area contributed by atoms with Gasteiger partial charge in [0.1, 0.15) is 6.61 Å². The predicted molar refractivity (Wildman–Crippen MR) is 174 cm³/mol. The van der Waals surface area contributed by atoms with E-state index in [-0.39, 0.29) is 18.5 Å². The Kier molecular flexibility index (Phi) is 9.70. The van der Waals surface area contributed by atoms with Crippen LogP contribution in [0.1, 0.15) is 49.0 Å². The molecule has 43 heavy (non-hydrogen) atoms. The molecule has 0 spiro atoms. The van der Waals surface area contributed by atoms with E-state index in [4.69, 9.17) is 4.74 Å². The second-order valence-electron chi connectivity index (χ2n) is 10.5. The van der Waals surface area contributed by atoms with E-state index >= 15 is 0 Å². The van der Waals surface area contributed by atoms with Crippen molar-refractivity contribution in [2.75, 3.05) is 29.7 Å². The molecule has 0 aromatic heterocycles. The molecule has 0 saturated carbocycles. The van der Waals surface area contributed by atoms with Gasteiger partial charge in [-0.05, 0) is 60.2 Å². The Bertz CT molecular complexity index is 1720. The van der Waals surface area contributed by atoms with Gasteiger partial charge in [-0.2, -0.15) is 4.31 Å². The van der Waals surface area contributed by atoms with Crippen LogP contribution in [0.4, 0.5) is 11.4 Å². The van der Waals surface area contributed by atoms with Crippen LogP contribution >= 0.6 is 0 Å². The lowest BCUT2D eigenvalue weighted by Crippen LogP contribution is -2.47. The van der Waals surface area contributed by atoms with Crippen LogP contribution in [0.15, 0.2) is 95.9 Å². The van der Waals surface area contributed by atoms with E-state index in [2.05, 4.69) is 64.2 Å². The third-order valence-corrected chi connectivity index (χ3v) is 9.28. The lowest BCUT2D eigenvalue weighted by Gasteiger charge is -2.35. The largest absolute Gasteiger partial charge is 0.463 e. The Hall–Kier alpha value is -4.26. The lowest BCUT2D eigenvalue weighted by molar-refractivity contribution is 0.0513. The summed E-state index contributed by atoms with van der Waals surface area (Å²) in [5, 5.41) is 5.94. The predicted octanol–water partition coefficient (Wildman–Crippen LogP) is 6.36. The van der Waals surface area contributed by atoms with Crippen LogP contribution in [0, 0.1) is 11.7 Å². The molecule has 0 saturated heterocycles. The molecule has 1 heterocycles. The van der Waals surface area contributed by atoms with Gasteiger partial charge >= 0.3 is 13.0 Å². The van der Waals surface area contributed by atoms with Crippen molar-refractivity contribution in [3.05, 3.63) is 102 Å². The highest BCUT2D eigenvalue weighted by Crippen LogP contribution is 2.38. The molecule has 0 atom stereocenters. The van der Waals surface area contributed by atoms with Crippen LogP contribution < -0.4 is 10.0 Å². The fourth-order valence-electron chi connectivity index (χ4n) is 5.33. The number of ether oxygens (including phenoxy) is 1. The molecule has 9 heteroatoms. The summed E-state index contributed by atoms with van der Waals surface area (Å²) in [5.74, 6) is 6.03. The van der Waals surface area contributed by atoms with Gasteiger partial charge in [-0.3, -0.25) is 0 Å². The van der Waals surface area contributed by atoms with Crippen LogP contribution in [0.5, 0.6) is 0 Å². The van der Waals surface area contributed by atoms with Gasteiger partial charge in [0.05, 0.1) is 10.5 Å². The number of hydrogen-bond acceptors (Lipinski definition) is 6. The van der Waals surface area contributed by atoms with E-state index < -0.39 is 16.0 Å². The SMILES string of the molecule is CCCN(CCC)S(=O)(=O)c1ccc(C(=O)OCCC#CB2Nc3cccc4cccc(c34)N2Cc2ccccc2)cc1. The summed E-state index contributed by atoms with van der Waals surface area (Å²) in [5.41, 5.74) is 3.65. The number of sulfonamides is 1. The molecular formula is C34H36BN3O4S. The minimum absolute atomic E-state index is 0.129. The maximum atomic E-state index is 13.0. The first-order valence-electron chi connectivity index (χ1n) is 14.8. The Balaban J connectivity index is 1.23. The molecule has 0 aliphatic carbocycles. The zero-order valence-electron chi connectivity index (χ0n) is 24.6. The van der Waals surface area contributed by atoms with Gasteiger partial charge in [0, 0.05) is 42.8 Å². The normalized spacial score (nSPS) is 12.5. The average molecular weight is 594 g/mol. The van der Waals surface area contributed by atoms with E-state index in [0.717, 1.165) is 24.2 Å². The minimum atomic E-state index is -3.61. The Morgan fingerprint density at radius 2 is 1.60 bits per heavy atom. The molecule has 1 N–H and O–H groups in total. The van der Waals surface area contributed by atoms with Gasteiger partial charge in [-0.1, -0.05) is 74.3 Å². The van der Waals surface area contributed by atoms with Crippen LogP contribution in [-0.2, 0) is 21.3 Å². The highest BCUT2D eigenvalue weighted by molar-refractivity contribution is 7.89. The Morgan fingerprint density at radius 3 is 2.30 bits per heavy atom. The van der Waals surface area contributed by atoms with Crippen molar-refractivity contribution in [2.24, 2.45) is 0 Å². The molecule has 1 aliphatic rings. The molecule has 5 rings (SSSR count). The molecule has 4 aromatic carbocycles. The molecule has 7 nitrogen and oxygen atoms in total. The van der Waals surface area contributed by atoms with Crippen molar-refractivity contribution in [3.8, 4) is 11.7 Å². The van der Waals surface area contributed by atoms with E-state index in [1.807, 2.05) is 38.1 Å². The summed E-state index contributed by atoms with van der Waals surface area (Å²) in [6.45, 7) is 5.39. The number of hydrogen-bond donors (Lipinski definition) is 1. The first-order valence-corrected chi connectivity index (χ1v) is 16.2. The topological polar surface area (TPSA) is 79.0 Å². The van der Waals surface area contributed by atoms with Crippen molar-refractivity contribution in [3.63, 3.8) is 0 Å². The highest BCUT2D eigenvalue weighted by atomic mass is 32.2. The molecular weight excluding hydrogens is 557 g/mol. The van der Waals surface area contributed by atoms with E-state index in [1.54, 1.807) is 0 Å². The Labute approximate surface area is 255 Å². The first-order chi connectivity index (χ1) is 20.9. The summed E-state index contributed by atoms with van der Waals surface area (Å²) in [4.78, 5) is 15.1. The zero-order chi connectivity index (χ0) is 30.2. The number of anilines is 2. The van der Waals surface area contributed by atoms with Gasteiger partial charge in [0.2, 0.25) is 10.0 Å². The smallest absolute Gasteiger partial charge is 0.461 e. The van der Waals surface area contributed by atoms with Crippen molar-refractivity contribution in [2.45, 2.75) is 44.6 Å². The average Bonchev–Trinajstić information content (AvgIpc) is 3.03. The molecule has 0 bridgehead atoms. The third kappa shape index (κ3) is 6.88. The number of carbonyl (C=O) groups excluding carboxylic acids is 1. The van der Waals surface area contributed by atoms with Gasteiger partial charge in [-0.15, -0.1) is 5.92 Å². The lowest BCUT2D eigenvalue weighted by atomic mass is 9.71. The third-order valence-electron chi connectivity index (χ3n) is 7.36. The molecule has 220 valence electrons. The summed E-state index contributed by atoms with van der Waals surface area (Å²) >= 11 is 0. The monoisotopic (exact) mass is 593 g/mol. The summed E-state index contributed by atoms with van der Waals surface area (Å²) in [7, 11) is -3.61. The molecule has 0 amide bonds. The van der Waals surface area contributed by atoms with E-state index in [1.165, 1.54) is 44.9 Å². The number of rotatable bonds is 11. The minimum Gasteiger partial charge on any atom is -0.461 e. The van der Waals surface area contributed by atoms with Crippen LogP contribution in [0.25, 0.3) is 10.8 Å². The number of benzene rings is 4. The van der Waals surface area contributed by atoms with Gasteiger partial charge < -0.3 is 14.8 Å².